The molecule has 2 amide bonds. The minimum absolute atomic E-state index is 0.0580. The number of nitrogens with one attached hydrogen (secondary N) is 1. The molecule has 3 unspecified atom stereocenters. The quantitative estimate of drug-likeness (QED) is 0.727. The molecule has 0 aromatic rings. The summed E-state index contributed by atoms with van der Waals surface area (Å²) in [6, 6.07) is -0.418. The van der Waals surface area contributed by atoms with Crippen molar-refractivity contribution in [1.82, 2.24) is 10.2 Å². The lowest BCUT2D eigenvalue weighted by Gasteiger charge is -2.45. The molecule has 152 valence electrons. The molecular formula is C21H40N2O3. The maximum absolute atomic E-state index is 12.8. The smallest absolute Gasteiger partial charge is 0.410 e. The van der Waals surface area contributed by atoms with Gasteiger partial charge in [-0.15, -0.1) is 0 Å². The molecule has 5 nitrogen and oxygen atoms in total. The lowest BCUT2D eigenvalue weighted by Crippen LogP contribution is -2.59. The molecule has 2 aliphatic rings. The van der Waals surface area contributed by atoms with E-state index in [0.29, 0.717) is 18.4 Å². The van der Waals surface area contributed by atoms with Crippen molar-refractivity contribution in [2.45, 2.75) is 105 Å². The Morgan fingerprint density at radius 3 is 2.00 bits per heavy atom. The van der Waals surface area contributed by atoms with Gasteiger partial charge in [0.25, 0.3) is 0 Å². The Morgan fingerprint density at radius 1 is 0.962 bits per heavy atom. The predicted octanol–water partition coefficient (Wildman–Crippen LogP) is 4.74. The molecule has 1 heterocycles. The number of piperidine rings is 1. The van der Waals surface area contributed by atoms with E-state index in [0.717, 1.165) is 12.8 Å². The van der Waals surface area contributed by atoms with Gasteiger partial charge in [-0.2, -0.15) is 0 Å². The van der Waals surface area contributed by atoms with Crippen LogP contribution in [0.15, 0.2) is 0 Å². The van der Waals surface area contributed by atoms with Crippen molar-refractivity contribution in [3.05, 3.63) is 0 Å². The van der Waals surface area contributed by atoms with Gasteiger partial charge in [0.05, 0.1) is 0 Å². The summed E-state index contributed by atoms with van der Waals surface area (Å²) in [7, 11) is 0. The molecule has 0 aromatic heterocycles. The molecule has 2 fully saturated rings. The summed E-state index contributed by atoms with van der Waals surface area (Å²) in [5.41, 5.74) is -0.856. The van der Waals surface area contributed by atoms with Crippen LogP contribution in [0.2, 0.25) is 0 Å². The highest BCUT2D eigenvalue weighted by molar-refractivity contribution is 5.86. The average Bonchev–Trinajstić information content (AvgIpc) is 2.52. The molecular weight excluding hydrogens is 328 g/mol. The second-order valence-electron chi connectivity index (χ2n) is 9.43. The van der Waals surface area contributed by atoms with Crippen LogP contribution in [0.25, 0.3) is 0 Å². The number of fused-ring (bicyclic) bond motifs is 1. The van der Waals surface area contributed by atoms with E-state index in [2.05, 4.69) is 5.32 Å². The van der Waals surface area contributed by atoms with Gasteiger partial charge in [-0.05, 0) is 66.2 Å². The number of likely N-dealkylation sites (tertiary alicyclic amines) is 1. The SMILES string of the molecule is CC.CC(C)(C)NC(=O)C1CC2CCCCC2CN1C(=O)OC(C)(C)C. The van der Waals surface area contributed by atoms with E-state index in [4.69, 9.17) is 4.74 Å². The number of hydrogen-bond acceptors (Lipinski definition) is 3. The van der Waals surface area contributed by atoms with E-state index in [1.54, 1.807) is 4.90 Å². The summed E-state index contributed by atoms with van der Waals surface area (Å²) in [4.78, 5) is 27.2. The molecule has 1 N–H and O–H groups in total. The Morgan fingerprint density at radius 2 is 1.50 bits per heavy atom. The summed E-state index contributed by atoms with van der Waals surface area (Å²) in [5, 5.41) is 3.04. The van der Waals surface area contributed by atoms with Crippen LogP contribution in [-0.2, 0) is 9.53 Å². The van der Waals surface area contributed by atoms with Crippen LogP contribution in [0.3, 0.4) is 0 Å². The Kier molecular flexibility index (Phi) is 7.97. The molecule has 3 atom stereocenters. The average molecular weight is 369 g/mol. The molecule has 1 aliphatic heterocycles. The van der Waals surface area contributed by atoms with Crippen LogP contribution in [0.1, 0.15) is 87.5 Å². The van der Waals surface area contributed by atoms with Gasteiger partial charge >= 0.3 is 6.09 Å². The van der Waals surface area contributed by atoms with Gasteiger partial charge < -0.3 is 10.1 Å². The molecule has 0 bridgehead atoms. The Hall–Kier alpha value is -1.26. The van der Waals surface area contributed by atoms with Gasteiger partial charge in [-0.3, -0.25) is 9.69 Å². The van der Waals surface area contributed by atoms with Gasteiger partial charge in [0.15, 0.2) is 0 Å². The summed E-state index contributed by atoms with van der Waals surface area (Å²) in [5.74, 6) is 0.996. The van der Waals surface area contributed by atoms with Crippen LogP contribution < -0.4 is 5.32 Å². The van der Waals surface area contributed by atoms with Crippen molar-refractivity contribution in [1.29, 1.82) is 0 Å². The topological polar surface area (TPSA) is 58.6 Å². The van der Waals surface area contributed by atoms with Crippen LogP contribution in [-0.4, -0.2) is 40.6 Å². The second-order valence-corrected chi connectivity index (χ2v) is 9.43. The highest BCUT2D eigenvalue weighted by atomic mass is 16.6. The Bertz CT molecular complexity index is 433. The summed E-state index contributed by atoms with van der Waals surface area (Å²) in [6.45, 7) is 16.1. The van der Waals surface area contributed by atoms with Gasteiger partial charge in [0.1, 0.15) is 11.6 Å². The largest absolute Gasteiger partial charge is 0.444 e. The fourth-order valence-electron chi connectivity index (χ4n) is 3.85. The summed E-state index contributed by atoms with van der Waals surface area (Å²) < 4.78 is 5.57. The number of hydrogen-bond donors (Lipinski definition) is 1. The number of ether oxygens (including phenoxy) is 1. The van der Waals surface area contributed by atoms with Crippen molar-refractivity contribution >= 4 is 12.0 Å². The van der Waals surface area contributed by atoms with Gasteiger partial charge in [0, 0.05) is 12.1 Å². The maximum Gasteiger partial charge on any atom is 0.410 e. The molecule has 26 heavy (non-hydrogen) atoms. The number of rotatable bonds is 1. The third-order valence-corrected chi connectivity index (χ3v) is 4.83. The third-order valence-electron chi connectivity index (χ3n) is 4.83. The molecule has 0 aromatic carbocycles. The van der Waals surface area contributed by atoms with E-state index in [1.807, 2.05) is 55.4 Å². The first-order valence-corrected chi connectivity index (χ1v) is 10.3. The maximum atomic E-state index is 12.8. The predicted molar refractivity (Wildman–Crippen MR) is 106 cm³/mol. The minimum Gasteiger partial charge on any atom is -0.444 e. The van der Waals surface area contributed by atoms with Crippen molar-refractivity contribution < 1.29 is 14.3 Å². The van der Waals surface area contributed by atoms with Gasteiger partial charge in [0.2, 0.25) is 5.91 Å². The van der Waals surface area contributed by atoms with E-state index < -0.39 is 11.6 Å². The minimum atomic E-state index is -0.550. The highest BCUT2D eigenvalue weighted by Gasteiger charge is 2.43. The summed E-state index contributed by atoms with van der Waals surface area (Å²) in [6.07, 6.45) is 5.18. The second kappa shape index (κ2) is 9.09. The van der Waals surface area contributed by atoms with E-state index >= 15 is 0 Å². The van der Waals surface area contributed by atoms with Crippen LogP contribution in [0.4, 0.5) is 4.79 Å². The lowest BCUT2D eigenvalue weighted by molar-refractivity contribution is -0.131. The van der Waals surface area contributed by atoms with Crippen molar-refractivity contribution in [3.8, 4) is 0 Å². The number of nitrogens with zero attached hydrogens (tertiary/aromatic N) is 1. The van der Waals surface area contributed by atoms with Gasteiger partial charge in [-0.1, -0.05) is 33.1 Å². The fraction of sp³-hybridized carbons (Fsp3) is 0.905. The van der Waals surface area contributed by atoms with Crippen molar-refractivity contribution in [3.63, 3.8) is 0 Å². The molecule has 1 saturated heterocycles. The standard InChI is InChI=1S/C19H34N2O3.C2H6/c1-18(2,3)20-16(22)15-11-13-9-7-8-10-14(13)12-21(15)17(23)24-19(4,5)6;1-2/h13-15H,7-12H2,1-6H3,(H,20,22);1-2H3. The van der Waals surface area contributed by atoms with Crippen LogP contribution >= 0.6 is 0 Å². The van der Waals surface area contributed by atoms with E-state index in [1.165, 1.54) is 19.3 Å². The van der Waals surface area contributed by atoms with E-state index in [9.17, 15) is 9.59 Å². The highest BCUT2D eigenvalue weighted by Crippen LogP contribution is 2.39. The normalized spacial score (nSPS) is 26.2. The van der Waals surface area contributed by atoms with Gasteiger partial charge in [-0.25, -0.2) is 4.79 Å². The Balaban J connectivity index is 0.00000163. The zero-order valence-corrected chi connectivity index (χ0v) is 18.1. The fourth-order valence-corrected chi connectivity index (χ4v) is 3.85. The number of carbonyl (C=O) groups is 2. The molecule has 2 rings (SSSR count). The first-order chi connectivity index (χ1) is 12.0. The van der Waals surface area contributed by atoms with Crippen LogP contribution in [0.5, 0.6) is 0 Å². The van der Waals surface area contributed by atoms with Crippen LogP contribution in [0, 0.1) is 11.8 Å². The van der Waals surface area contributed by atoms with Crippen molar-refractivity contribution in [2.24, 2.45) is 11.8 Å². The monoisotopic (exact) mass is 368 g/mol. The molecule has 0 spiro atoms. The Labute approximate surface area is 160 Å². The first-order valence-electron chi connectivity index (χ1n) is 10.3. The molecule has 1 aliphatic carbocycles. The molecule has 1 saturated carbocycles. The number of carbonyl (C=O) groups excluding carboxylic acids is 2. The first kappa shape index (κ1) is 22.8. The molecule has 0 radical (unpaired) electrons. The zero-order valence-electron chi connectivity index (χ0n) is 18.1. The molecule has 5 heteroatoms. The van der Waals surface area contributed by atoms with E-state index in [-0.39, 0.29) is 17.5 Å². The lowest BCUT2D eigenvalue weighted by atomic mass is 9.73. The zero-order chi connectivity index (χ0) is 20.1. The number of amides is 2. The summed E-state index contributed by atoms with van der Waals surface area (Å²) >= 11 is 0. The van der Waals surface area contributed by atoms with Crippen molar-refractivity contribution in [2.75, 3.05) is 6.54 Å². The third kappa shape index (κ3) is 6.81.